The highest BCUT2D eigenvalue weighted by atomic mass is 31.1. The van der Waals surface area contributed by atoms with Crippen molar-refractivity contribution < 1.29 is 0 Å². The average molecular weight is 353 g/mol. The van der Waals surface area contributed by atoms with E-state index in [2.05, 4.69) is 69.3 Å². The Labute approximate surface area is 155 Å². The van der Waals surface area contributed by atoms with Crippen molar-refractivity contribution in [1.29, 1.82) is 0 Å². The molecule has 2 aromatic carbocycles. The first-order valence-electron chi connectivity index (χ1n) is 10.1. The van der Waals surface area contributed by atoms with Crippen molar-refractivity contribution in [3.63, 3.8) is 0 Å². The van der Waals surface area contributed by atoms with Gasteiger partial charge in [0.1, 0.15) is 0 Å². The summed E-state index contributed by atoms with van der Waals surface area (Å²) >= 11 is 0. The molecule has 0 nitrogen and oxygen atoms in total. The zero-order valence-corrected chi connectivity index (χ0v) is 17.1. The minimum absolute atomic E-state index is 0.0396. The Morgan fingerprint density at radius 1 is 0.720 bits per heavy atom. The van der Waals surface area contributed by atoms with Crippen LogP contribution < -0.4 is 0 Å². The van der Waals surface area contributed by atoms with Crippen molar-refractivity contribution >= 4 is 7.92 Å². The summed E-state index contributed by atoms with van der Waals surface area (Å²) in [5.41, 5.74) is 7.57. The summed E-state index contributed by atoms with van der Waals surface area (Å²) in [5.74, 6) is 0. The number of benzene rings is 2. The Hall–Kier alpha value is -1.13. The largest absolute Gasteiger partial charge is 0.0913 e. The maximum atomic E-state index is 2.40. The summed E-state index contributed by atoms with van der Waals surface area (Å²) in [6, 6.07) is 18.8. The molecule has 1 saturated heterocycles. The zero-order valence-electron chi connectivity index (χ0n) is 16.2. The van der Waals surface area contributed by atoms with E-state index >= 15 is 0 Å². The predicted molar refractivity (Wildman–Crippen MR) is 113 cm³/mol. The van der Waals surface area contributed by atoms with Gasteiger partial charge in [-0.05, 0) is 50.4 Å². The van der Waals surface area contributed by atoms with E-state index in [9.17, 15) is 0 Å². The van der Waals surface area contributed by atoms with Gasteiger partial charge in [-0.25, -0.2) is 0 Å². The molecule has 0 aromatic heterocycles. The van der Waals surface area contributed by atoms with Crippen LogP contribution in [0, 0.1) is 13.8 Å². The molecule has 0 amide bonds. The van der Waals surface area contributed by atoms with E-state index in [0.717, 1.165) is 11.3 Å². The van der Waals surface area contributed by atoms with Gasteiger partial charge in [-0.3, -0.25) is 0 Å². The third-order valence-corrected chi connectivity index (χ3v) is 9.25. The van der Waals surface area contributed by atoms with Gasteiger partial charge in [0.05, 0.1) is 0 Å². The van der Waals surface area contributed by atoms with Crippen LogP contribution in [0.2, 0.25) is 0 Å². The van der Waals surface area contributed by atoms with Gasteiger partial charge >= 0.3 is 0 Å². The van der Waals surface area contributed by atoms with E-state index in [1.807, 2.05) is 0 Å². The summed E-state index contributed by atoms with van der Waals surface area (Å²) < 4.78 is 0. The monoisotopic (exact) mass is 352 g/mol. The predicted octanol–water partition coefficient (Wildman–Crippen LogP) is 7.94. The second-order valence-corrected chi connectivity index (χ2v) is 10.5. The zero-order chi connectivity index (χ0) is 17.6. The van der Waals surface area contributed by atoms with Crippen molar-refractivity contribution in [1.82, 2.24) is 0 Å². The molecule has 0 bridgehead atoms. The number of aryl methyl sites for hydroxylation is 2. The minimum Gasteiger partial charge on any atom is -0.0913 e. The Morgan fingerprint density at radius 3 is 1.64 bits per heavy atom. The van der Waals surface area contributed by atoms with Crippen molar-refractivity contribution in [2.24, 2.45) is 0 Å². The Bertz CT molecular complexity index is 587. The second-order valence-electron chi connectivity index (χ2n) is 7.73. The Morgan fingerprint density at radius 2 is 1.20 bits per heavy atom. The molecule has 25 heavy (non-hydrogen) atoms. The molecule has 1 heteroatoms. The number of hydrogen-bond donors (Lipinski definition) is 0. The van der Waals surface area contributed by atoms with Gasteiger partial charge in [0, 0.05) is 11.3 Å². The summed E-state index contributed by atoms with van der Waals surface area (Å²) in [4.78, 5) is 0. The van der Waals surface area contributed by atoms with Gasteiger partial charge in [0.2, 0.25) is 0 Å². The summed E-state index contributed by atoms with van der Waals surface area (Å²) in [6.07, 6.45) is 9.77. The lowest BCUT2D eigenvalue weighted by Crippen LogP contribution is -1.99. The molecule has 1 aliphatic rings. The van der Waals surface area contributed by atoms with Gasteiger partial charge in [-0.15, -0.1) is 0 Å². The van der Waals surface area contributed by atoms with E-state index in [0.29, 0.717) is 0 Å². The molecule has 0 spiro atoms. The van der Waals surface area contributed by atoms with Crippen molar-refractivity contribution in [3.05, 3.63) is 70.8 Å². The maximum Gasteiger partial charge on any atom is 0.00476 e. The molecule has 2 aromatic rings. The SMILES string of the molecule is CCCCCCP1C(c2ccc(C)cc2)CCC1c1ccc(C)cc1. The summed E-state index contributed by atoms with van der Waals surface area (Å²) in [6.45, 7) is 6.70. The smallest absolute Gasteiger partial charge is 0.00476 e. The highest BCUT2D eigenvalue weighted by Gasteiger charge is 2.36. The number of hydrogen-bond acceptors (Lipinski definition) is 0. The molecule has 0 aliphatic carbocycles. The van der Waals surface area contributed by atoms with Crippen LogP contribution in [-0.2, 0) is 0 Å². The molecule has 2 unspecified atom stereocenters. The summed E-state index contributed by atoms with van der Waals surface area (Å²) in [7, 11) is 0.0396. The maximum absolute atomic E-state index is 2.40. The van der Waals surface area contributed by atoms with Crippen molar-refractivity contribution in [2.45, 2.75) is 70.6 Å². The fourth-order valence-electron chi connectivity index (χ4n) is 4.19. The van der Waals surface area contributed by atoms with Crippen LogP contribution in [0.1, 0.15) is 79.0 Å². The Balaban J connectivity index is 1.79. The van der Waals surface area contributed by atoms with Gasteiger partial charge < -0.3 is 0 Å². The van der Waals surface area contributed by atoms with Gasteiger partial charge in [-0.1, -0.05) is 93.8 Å². The highest BCUT2D eigenvalue weighted by Crippen LogP contribution is 2.70. The molecule has 0 radical (unpaired) electrons. The topological polar surface area (TPSA) is 0 Å². The van der Waals surface area contributed by atoms with Crippen LogP contribution in [0.5, 0.6) is 0 Å². The number of rotatable bonds is 7. The molecule has 134 valence electrons. The first-order chi connectivity index (χ1) is 12.2. The van der Waals surface area contributed by atoms with Gasteiger partial charge in [-0.2, -0.15) is 0 Å². The van der Waals surface area contributed by atoms with Gasteiger partial charge in [0.15, 0.2) is 0 Å². The van der Waals surface area contributed by atoms with Crippen LogP contribution in [0.3, 0.4) is 0 Å². The van der Waals surface area contributed by atoms with Crippen molar-refractivity contribution in [3.8, 4) is 0 Å². The fourth-order valence-corrected chi connectivity index (χ4v) is 7.91. The third kappa shape index (κ3) is 4.73. The molecule has 3 rings (SSSR count). The lowest BCUT2D eigenvalue weighted by Gasteiger charge is -2.27. The van der Waals surface area contributed by atoms with Crippen LogP contribution in [-0.4, -0.2) is 6.16 Å². The first kappa shape index (κ1) is 18.7. The average Bonchev–Trinajstić information content (AvgIpc) is 3.04. The number of unbranched alkanes of at least 4 members (excludes halogenated alkanes) is 3. The molecule has 0 N–H and O–H groups in total. The lowest BCUT2D eigenvalue weighted by atomic mass is 10.0. The van der Waals surface area contributed by atoms with E-state index in [4.69, 9.17) is 0 Å². The quantitative estimate of drug-likeness (QED) is 0.350. The van der Waals surface area contributed by atoms with E-state index in [1.54, 1.807) is 11.1 Å². The molecule has 2 atom stereocenters. The second kappa shape index (κ2) is 9.00. The molecule has 1 aliphatic heterocycles. The molecule has 1 heterocycles. The fraction of sp³-hybridized carbons (Fsp3) is 0.500. The van der Waals surface area contributed by atoms with Crippen LogP contribution in [0.15, 0.2) is 48.5 Å². The third-order valence-electron chi connectivity index (χ3n) is 5.71. The van der Waals surface area contributed by atoms with E-state index in [-0.39, 0.29) is 7.92 Å². The Kier molecular flexibility index (Phi) is 6.71. The van der Waals surface area contributed by atoms with Gasteiger partial charge in [0.25, 0.3) is 0 Å². The van der Waals surface area contributed by atoms with Crippen molar-refractivity contribution in [2.75, 3.05) is 6.16 Å². The molecular weight excluding hydrogens is 319 g/mol. The minimum atomic E-state index is 0.0396. The highest BCUT2D eigenvalue weighted by molar-refractivity contribution is 7.58. The van der Waals surface area contributed by atoms with E-state index in [1.165, 1.54) is 55.8 Å². The first-order valence-corrected chi connectivity index (χ1v) is 11.7. The van der Waals surface area contributed by atoms with Crippen LogP contribution in [0.4, 0.5) is 0 Å². The normalized spacial score (nSPS) is 23.1. The molecular formula is C24H33P. The lowest BCUT2D eigenvalue weighted by molar-refractivity contribution is 0.703. The van der Waals surface area contributed by atoms with Crippen LogP contribution >= 0.6 is 7.92 Å². The van der Waals surface area contributed by atoms with E-state index < -0.39 is 0 Å². The molecule has 1 fully saturated rings. The van der Waals surface area contributed by atoms with Crippen LogP contribution in [0.25, 0.3) is 0 Å². The summed E-state index contributed by atoms with van der Waals surface area (Å²) in [5, 5.41) is 0. The standard InChI is InChI=1S/C24H33P/c1-4-5-6-7-18-25-23(21-12-8-19(2)9-13-21)16-17-24(25)22-14-10-20(3)11-15-22/h8-15,23-24H,4-7,16-18H2,1-3H3. The molecule has 0 saturated carbocycles.